The highest BCUT2D eigenvalue weighted by atomic mass is 32.2. The highest BCUT2D eigenvalue weighted by molar-refractivity contribution is 7.99. The number of rotatable bonds is 9. The molecule has 0 aromatic heterocycles. The Hall–Kier alpha value is -0.260. The average Bonchev–Trinajstić information content (AvgIpc) is 2.60. The van der Waals surface area contributed by atoms with Gasteiger partial charge in [-0.1, -0.05) is 39.0 Å². The highest BCUT2D eigenvalue weighted by Gasteiger charge is 2.42. The number of carbonyl (C=O) groups is 1. The van der Waals surface area contributed by atoms with Crippen LogP contribution in [0.2, 0.25) is 0 Å². The van der Waals surface area contributed by atoms with E-state index in [9.17, 15) is 15.0 Å². The maximum absolute atomic E-state index is 11.0. The lowest BCUT2D eigenvalue weighted by molar-refractivity contribution is -0.146. The van der Waals surface area contributed by atoms with Gasteiger partial charge in [-0.15, -0.1) is 0 Å². The molecule has 0 aliphatic carbocycles. The molecule has 18 heavy (non-hydrogen) atoms. The Kier molecular flexibility index (Phi) is 7.70. The summed E-state index contributed by atoms with van der Waals surface area (Å²) in [6, 6.07) is 0. The topological polar surface area (TPSA) is 66.8 Å². The van der Waals surface area contributed by atoms with Crippen LogP contribution in [0.3, 0.4) is 0 Å². The molecule has 0 spiro atoms. The summed E-state index contributed by atoms with van der Waals surface area (Å²) in [6.45, 7) is 2.21. The van der Waals surface area contributed by atoms with E-state index in [1.807, 2.05) is 0 Å². The molecule has 0 bridgehead atoms. The molecule has 0 aromatic rings. The van der Waals surface area contributed by atoms with E-state index in [0.29, 0.717) is 5.75 Å². The third kappa shape index (κ3) is 5.16. The normalized spacial score (nSPS) is 27.5. The molecule has 2 N–H and O–H groups in total. The van der Waals surface area contributed by atoms with Crippen LogP contribution in [-0.4, -0.2) is 46.0 Å². The van der Waals surface area contributed by atoms with Crippen molar-refractivity contribution in [2.75, 3.05) is 11.5 Å². The molecule has 1 heterocycles. The molecule has 106 valence electrons. The number of hydrogen-bond acceptors (Lipinski definition) is 5. The molecule has 1 fully saturated rings. The Bertz CT molecular complexity index is 247. The Balaban J connectivity index is 1.97. The van der Waals surface area contributed by atoms with E-state index < -0.39 is 24.3 Å². The summed E-state index contributed by atoms with van der Waals surface area (Å²) in [4.78, 5) is 11.0. The lowest BCUT2D eigenvalue weighted by Crippen LogP contribution is -2.32. The summed E-state index contributed by atoms with van der Waals surface area (Å²) >= 11 is 1.67. The monoisotopic (exact) mass is 276 g/mol. The fourth-order valence-corrected chi connectivity index (χ4v) is 3.02. The average molecular weight is 276 g/mol. The van der Waals surface area contributed by atoms with Gasteiger partial charge in [0.2, 0.25) is 0 Å². The number of aliphatic hydroxyl groups is 2. The van der Waals surface area contributed by atoms with Crippen LogP contribution >= 0.6 is 11.8 Å². The van der Waals surface area contributed by atoms with Gasteiger partial charge in [0.15, 0.2) is 6.10 Å². The van der Waals surface area contributed by atoms with Gasteiger partial charge < -0.3 is 14.9 Å². The first-order chi connectivity index (χ1) is 8.66. The Morgan fingerprint density at radius 2 is 1.83 bits per heavy atom. The minimum Gasteiger partial charge on any atom is -0.457 e. The molecule has 4 nitrogen and oxygen atoms in total. The summed E-state index contributed by atoms with van der Waals surface area (Å²) < 4.78 is 4.89. The third-order valence-corrected chi connectivity index (χ3v) is 4.28. The number of ether oxygens (including phenoxy) is 1. The zero-order valence-corrected chi connectivity index (χ0v) is 11.8. The van der Waals surface area contributed by atoms with Crippen molar-refractivity contribution in [1.29, 1.82) is 0 Å². The number of thioether (sulfide) groups is 1. The number of cyclic esters (lactones) is 1. The second kappa shape index (κ2) is 8.77. The molecule has 0 unspecified atom stereocenters. The first-order valence-corrected chi connectivity index (χ1v) is 7.96. The molecule has 1 saturated heterocycles. The van der Waals surface area contributed by atoms with E-state index in [4.69, 9.17) is 4.74 Å². The van der Waals surface area contributed by atoms with E-state index in [-0.39, 0.29) is 0 Å². The lowest BCUT2D eigenvalue weighted by Gasteiger charge is -2.12. The molecule has 0 aromatic carbocycles. The van der Waals surface area contributed by atoms with E-state index in [1.165, 1.54) is 32.1 Å². The minimum absolute atomic E-state index is 0.544. The van der Waals surface area contributed by atoms with Crippen molar-refractivity contribution in [3.8, 4) is 0 Å². The second-order valence-electron chi connectivity index (χ2n) is 4.75. The number of unbranched alkanes of at least 4 members (excludes halogenated alkanes) is 5. The quantitative estimate of drug-likeness (QED) is 0.496. The molecular weight excluding hydrogens is 252 g/mol. The summed E-state index contributed by atoms with van der Waals surface area (Å²) in [5, 5.41) is 18.7. The van der Waals surface area contributed by atoms with E-state index in [0.717, 1.165) is 12.2 Å². The first-order valence-electron chi connectivity index (χ1n) is 6.81. The van der Waals surface area contributed by atoms with Gasteiger partial charge in [-0.3, -0.25) is 0 Å². The zero-order chi connectivity index (χ0) is 13.4. The van der Waals surface area contributed by atoms with Gasteiger partial charge in [0.1, 0.15) is 12.2 Å². The van der Waals surface area contributed by atoms with Crippen LogP contribution in [0.5, 0.6) is 0 Å². The molecule has 1 aliphatic rings. The van der Waals surface area contributed by atoms with Crippen molar-refractivity contribution in [2.24, 2.45) is 0 Å². The van der Waals surface area contributed by atoms with E-state index in [1.54, 1.807) is 11.8 Å². The third-order valence-electron chi connectivity index (χ3n) is 3.14. The molecule has 0 amide bonds. The predicted octanol–water partition coefficient (Wildman–Crippen LogP) is 1.73. The summed E-state index contributed by atoms with van der Waals surface area (Å²) in [7, 11) is 0. The van der Waals surface area contributed by atoms with Crippen LogP contribution in [0.15, 0.2) is 0 Å². The Morgan fingerprint density at radius 3 is 2.44 bits per heavy atom. The second-order valence-corrected chi connectivity index (χ2v) is 5.90. The number of esters is 1. The number of carbonyl (C=O) groups excluding carboxylic acids is 1. The molecule has 5 heteroatoms. The fraction of sp³-hybridized carbons (Fsp3) is 0.923. The highest BCUT2D eigenvalue weighted by Crippen LogP contribution is 2.20. The number of aliphatic hydroxyl groups excluding tert-OH is 2. The SMILES string of the molecule is CCCCCCCCSC[C@H]1OC(=O)[C@H](O)[C@H]1O. The zero-order valence-electron chi connectivity index (χ0n) is 11.0. The van der Waals surface area contributed by atoms with Gasteiger partial charge in [0.25, 0.3) is 0 Å². The number of hydrogen-bond donors (Lipinski definition) is 2. The Morgan fingerprint density at radius 1 is 1.17 bits per heavy atom. The van der Waals surface area contributed by atoms with Crippen LogP contribution in [0.4, 0.5) is 0 Å². The summed E-state index contributed by atoms with van der Waals surface area (Å²) in [6.07, 6.45) is 4.62. The van der Waals surface area contributed by atoms with Gasteiger partial charge in [0.05, 0.1) is 0 Å². The van der Waals surface area contributed by atoms with E-state index in [2.05, 4.69) is 6.92 Å². The smallest absolute Gasteiger partial charge is 0.338 e. The van der Waals surface area contributed by atoms with Crippen molar-refractivity contribution >= 4 is 17.7 Å². The van der Waals surface area contributed by atoms with Crippen molar-refractivity contribution in [3.05, 3.63) is 0 Å². The molecule has 1 aliphatic heterocycles. The fourth-order valence-electron chi connectivity index (χ4n) is 1.95. The molecule has 0 radical (unpaired) electrons. The van der Waals surface area contributed by atoms with Crippen molar-refractivity contribution in [2.45, 2.75) is 63.8 Å². The van der Waals surface area contributed by atoms with Gasteiger partial charge in [-0.25, -0.2) is 4.79 Å². The molecule has 1 rings (SSSR count). The van der Waals surface area contributed by atoms with Crippen LogP contribution in [0.1, 0.15) is 45.4 Å². The standard InChI is InChI=1S/C13H24O4S/c1-2-3-4-5-6-7-8-18-9-10-11(14)12(15)13(16)17-10/h10-12,14-15H,2-9H2,1H3/t10-,11+,12-/m1/s1. The van der Waals surface area contributed by atoms with E-state index >= 15 is 0 Å². The minimum atomic E-state index is -1.36. The maximum atomic E-state index is 11.0. The maximum Gasteiger partial charge on any atom is 0.338 e. The molecule has 0 saturated carbocycles. The molecular formula is C13H24O4S. The lowest BCUT2D eigenvalue weighted by atomic mass is 10.1. The summed E-state index contributed by atoms with van der Waals surface area (Å²) in [5.74, 6) is 0.884. The van der Waals surface area contributed by atoms with Crippen molar-refractivity contribution in [1.82, 2.24) is 0 Å². The first kappa shape index (κ1) is 15.8. The van der Waals surface area contributed by atoms with Crippen LogP contribution in [-0.2, 0) is 9.53 Å². The van der Waals surface area contributed by atoms with Crippen LogP contribution < -0.4 is 0 Å². The van der Waals surface area contributed by atoms with Crippen LogP contribution in [0, 0.1) is 0 Å². The largest absolute Gasteiger partial charge is 0.457 e. The van der Waals surface area contributed by atoms with Crippen molar-refractivity contribution in [3.63, 3.8) is 0 Å². The van der Waals surface area contributed by atoms with Crippen molar-refractivity contribution < 1.29 is 19.7 Å². The summed E-state index contributed by atoms with van der Waals surface area (Å²) in [5.41, 5.74) is 0. The Labute approximate surface area is 113 Å². The van der Waals surface area contributed by atoms with Gasteiger partial charge in [0, 0.05) is 5.75 Å². The predicted molar refractivity (Wildman–Crippen MR) is 72.6 cm³/mol. The van der Waals surface area contributed by atoms with Gasteiger partial charge in [-0.05, 0) is 12.2 Å². The molecule has 3 atom stereocenters. The van der Waals surface area contributed by atoms with Gasteiger partial charge >= 0.3 is 5.97 Å². The van der Waals surface area contributed by atoms with Crippen LogP contribution in [0.25, 0.3) is 0 Å². The van der Waals surface area contributed by atoms with Gasteiger partial charge in [-0.2, -0.15) is 11.8 Å².